The molecule has 2 aromatic rings. The lowest BCUT2D eigenvalue weighted by Crippen LogP contribution is -3.08. The molecule has 2 atom stereocenters. The van der Waals surface area contributed by atoms with E-state index >= 15 is 0 Å². The molecule has 4 rings (SSSR count). The molecule has 0 spiro atoms. The Labute approximate surface area is 138 Å². The Morgan fingerprint density at radius 3 is 2.82 bits per heavy atom. The van der Waals surface area contributed by atoms with Crippen LogP contribution in [0.25, 0.3) is 0 Å². The summed E-state index contributed by atoms with van der Waals surface area (Å²) >= 11 is 7.66. The molecule has 0 saturated heterocycles. The highest BCUT2D eigenvalue weighted by atomic mass is 35.5. The predicted octanol–water partition coefficient (Wildman–Crippen LogP) is 1.83. The fraction of sp³-hybridized carbons (Fsp3) is 0.312. The molecule has 0 saturated carbocycles. The first-order valence-electron chi connectivity index (χ1n) is 7.40. The largest absolute Gasteiger partial charge is 0.353 e. The molecule has 1 amide bonds. The lowest BCUT2D eigenvalue weighted by atomic mass is 10.0. The van der Waals surface area contributed by atoms with Crippen LogP contribution in [-0.2, 0) is 13.0 Å². The van der Waals surface area contributed by atoms with Crippen molar-refractivity contribution in [3.63, 3.8) is 0 Å². The van der Waals surface area contributed by atoms with Crippen LogP contribution in [0.4, 0.5) is 5.00 Å². The van der Waals surface area contributed by atoms with Crippen LogP contribution in [0, 0.1) is 0 Å². The van der Waals surface area contributed by atoms with Crippen LogP contribution in [-0.4, -0.2) is 19.5 Å². The van der Waals surface area contributed by atoms with Crippen molar-refractivity contribution in [1.29, 1.82) is 0 Å². The molecule has 0 radical (unpaired) electrons. The summed E-state index contributed by atoms with van der Waals surface area (Å²) in [5, 5.41) is 8.23. The zero-order chi connectivity index (χ0) is 15.3. The van der Waals surface area contributed by atoms with Gasteiger partial charge in [-0.3, -0.25) is 4.79 Å². The van der Waals surface area contributed by atoms with E-state index in [1.807, 2.05) is 24.3 Å². The van der Waals surface area contributed by atoms with Crippen molar-refractivity contribution in [3.05, 3.63) is 50.9 Å². The summed E-state index contributed by atoms with van der Waals surface area (Å²) in [4.78, 5) is 15.4. The van der Waals surface area contributed by atoms with Crippen molar-refractivity contribution in [2.45, 2.75) is 19.1 Å². The fourth-order valence-electron chi connectivity index (χ4n) is 3.15. The molecular weight excluding hydrogens is 318 g/mol. The summed E-state index contributed by atoms with van der Waals surface area (Å²) in [5.41, 5.74) is 3.11. The lowest BCUT2D eigenvalue weighted by molar-refractivity contribution is -0.895. The number of hydrogen-bond acceptors (Lipinski definition) is 3. The first-order valence-corrected chi connectivity index (χ1v) is 8.60. The minimum atomic E-state index is -0.192. The van der Waals surface area contributed by atoms with Crippen molar-refractivity contribution in [2.75, 3.05) is 18.9 Å². The van der Waals surface area contributed by atoms with Crippen LogP contribution >= 0.6 is 22.9 Å². The van der Waals surface area contributed by atoms with Gasteiger partial charge in [-0.1, -0.05) is 23.7 Å². The summed E-state index contributed by atoms with van der Waals surface area (Å²) in [7, 11) is 2.20. The number of nitrogens with one attached hydrogen (secondary N) is 3. The third-order valence-electron chi connectivity index (χ3n) is 4.34. The standard InChI is InChI=1S/C16H16ClN3OS/c1-20-7-6-11-12(8-20)22-16-13(11)15(21)18-14(19-16)9-2-4-10(17)5-3-9/h2-5,14,19H,6-8H2,1H3,(H,18,21)/p+1. The number of thiophene rings is 1. The van der Waals surface area contributed by atoms with E-state index < -0.39 is 0 Å². The van der Waals surface area contributed by atoms with Crippen LogP contribution < -0.4 is 15.5 Å². The molecule has 6 heteroatoms. The predicted molar refractivity (Wildman–Crippen MR) is 88.8 cm³/mol. The van der Waals surface area contributed by atoms with Crippen LogP contribution in [0.15, 0.2) is 24.3 Å². The number of amides is 1. The molecule has 2 unspecified atom stereocenters. The summed E-state index contributed by atoms with van der Waals surface area (Å²) in [6.07, 6.45) is 0.788. The van der Waals surface area contributed by atoms with Crippen molar-refractivity contribution >= 4 is 33.8 Å². The molecule has 114 valence electrons. The number of hydrogen-bond donors (Lipinski definition) is 3. The van der Waals surface area contributed by atoms with Gasteiger partial charge < -0.3 is 15.5 Å². The Bertz CT molecular complexity index is 741. The fourth-order valence-corrected chi connectivity index (χ4v) is 4.67. The second-order valence-electron chi connectivity index (χ2n) is 5.94. The first kappa shape index (κ1) is 14.1. The highest BCUT2D eigenvalue weighted by Gasteiger charge is 2.33. The normalized spacial score (nSPS) is 23.3. The molecular formula is C16H17ClN3OS+. The van der Waals surface area contributed by atoms with Crippen LogP contribution in [0.1, 0.15) is 32.5 Å². The minimum absolute atomic E-state index is 0.0331. The number of anilines is 1. The second-order valence-corrected chi connectivity index (χ2v) is 7.49. The Hall–Kier alpha value is -1.56. The SMILES string of the molecule is C[NH+]1CCc2c(sc3c2C(=O)NC(c2ccc(Cl)cc2)N3)C1. The number of carbonyl (C=O) groups excluding carboxylic acids is 1. The number of fused-ring (bicyclic) bond motifs is 3. The Kier molecular flexibility index (Phi) is 3.36. The van der Waals surface area contributed by atoms with Gasteiger partial charge in [-0.15, -0.1) is 11.3 Å². The summed E-state index contributed by atoms with van der Waals surface area (Å²) in [5.74, 6) is 0.0331. The van der Waals surface area contributed by atoms with Gasteiger partial charge in [0.05, 0.1) is 24.0 Å². The average Bonchev–Trinajstić information content (AvgIpc) is 2.85. The lowest BCUT2D eigenvalue weighted by Gasteiger charge is -2.27. The van der Waals surface area contributed by atoms with Crippen molar-refractivity contribution in [2.24, 2.45) is 0 Å². The Morgan fingerprint density at radius 1 is 1.27 bits per heavy atom. The average molecular weight is 335 g/mol. The third kappa shape index (κ3) is 2.29. The molecule has 1 aromatic heterocycles. The van der Waals surface area contributed by atoms with Gasteiger partial charge in [0, 0.05) is 11.4 Å². The minimum Gasteiger partial charge on any atom is -0.353 e. The Balaban J connectivity index is 1.69. The van der Waals surface area contributed by atoms with Gasteiger partial charge in [0.15, 0.2) is 0 Å². The van der Waals surface area contributed by atoms with Crippen molar-refractivity contribution in [3.8, 4) is 0 Å². The molecule has 2 aliphatic heterocycles. The van der Waals surface area contributed by atoms with E-state index in [0.29, 0.717) is 5.02 Å². The molecule has 0 fully saturated rings. The van der Waals surface area contributed by atoms with Gasteiger partial charge in [-0.2, -0.15) is 0 Å². The quantitative estimate of drug-likeness (QED) is 0.745. The van der Waals surface area contributed by atoms with E-state index in [9.17, 15) is 4.79 Å². The Morgan fingerprint density at radius 2 is 2.05 bits per heavy atom. The zero-order valence-electron chi connectivity index (χ0n) is 12.2. The highest BCUT2D eigenvalue weighted by molar-refractivity contribution is 7.16. The van der Waals surface area contributed by atoms with Crippen LogP contribution in [0.3, 0.4) is 0 Å². The van der Waals surface area contributed by atoms with E-state index in [-0.39, 0.29) is 12.1 Å². The molecule has 0 aliphatic carbocycles. The van der Waals surface area contributed by atoms with Crippen molar-refractivity contribution in [1.82, 2.24) is 5.32 Å². The molecule has 3 N–H and O–H groups in total. The number of quaternary nitrogens is 1. The van der Waals surface area contributed by atoms with E-state index in [2.05, 4.69) is 17.7 Å². The van der Waals surface area contributed by atoms with Crippen LogP contribution in [0.2, 0.25) is 5.02 Å². The maximum absolute atomic E-state index is 12.6. The van der Waals surface area contributed by atoms with Gasteiger partial charge >= 0.3 is 0 Å². The first-order chi connectivity index (χ1) is 10.6. The van der Waals surface area contributed by atoms with Gasteiger partial charge in [0.25, 0.3) is 5.91 Å². The van der Waals surface area contributed by atoms with Crippen LogP contribution in [0.5, 0.6) is 0 Å². The summed E-state index contributed by atoms with van der Waals surface area (Å²) in [6.45, 7) is 2.09. The highest BCUT2D eigenvalue weighted by Crippen LogP contribution is 2.38. The number of halogens is 1. The van der Waals surface area contributed by atoms with E-state index in [1.165, 1.54) is 15.3 Å². The number of carbonyl (C=O) groups is 1. The smallest absolute Gasteiger partial charge is 0.256 e. The van der Waals surface area contributed by atoms with E-state index in [4.69, 9.17) is 11.6 Å². The number of benzene rings is 1. The molecule has 4 nitrogen and oxygen atoms in total. The molecule has 1 aromatic carbocycles. The molecule has 0 bridgehead atoms. The third-order valence-corrected chi connectivity index (χ3v) is 5.75. The molecule has 3 heterocycles. The zero-order valence-corrected chi connectivity index (χ0v) is 13.8. The van der Waals surface area contributed by atoms with Gasteiger partial charge in [-0.25, -0.2) is 0 Å². The monoisotopic (exact) mass is 334 g/mol. The van der Waals surface area contributed by atoms with Gasteiger partial charge in [0.2, 0.25) is 0 Å². The van der Waals surface area contributed by atoms with Gasteiger partial charge in [0.1, 0.15) is 17.7 Å². The number of likely N-dealkylation sites (N-methyl/N-ethyl adjacent to an activating group) is 1. The summed E-state index contributed by atoms with van der Waals surface area (Å²) in [6, 6.07) is 7.57. The topological polar surface area (TPSA) is 45.6 Å². The second kappa shape index (κ2) is 5.26. The maximum atomic E-state index is 12.6. The van der Waals surface area contributed by atoms with E-state index in [1.54, 1.807) is 11.3 Å². The number of rotatable bonds is 1. The maximum Gasteiger partial charge on any atom is 0.256 e. The van der Waals surface area contributed by atoms with Gasteiger partial charge in [-0.05, 0) is 23.3 Å². The molecule has 2 aliphatic rings. The summed E-state index contributed by atoms with van der Waals surface area (Å²) < 4.78 is 0. The van der Waals surface area contributed by atoms with E-state index in [0.717, 1.165) is 35.6 Å². The van der Waals surface area contributed by atoms with Crippen molar-refractivity contribution < 1.29 is 9.69 Å². The molecule has 22 heavy (non-hydrogen) atoms.